The molecule has 0 saturated carbocycles. The number of carbonyl (C=O) groups is 3. The number of anilines is 2. The van der Waals surface area contributed by atoms with Crippen LogP contribution in [0.4, 0.5) is 11.4 Å². The van der Waals surface area contributed by atoms with Crippen LogP contribution in [0.3, 0.4) is 0 Å². The molecule has 0 bridgehead atoms. The van der Waals surface area contributed by atoms with Gasteiger partial charge in [-0.1, -0.05) is 26.0 Å². The molecular weight excluding hydrogens is 406 g/mol. The van der Waals surface area contributed by atoms with Crippen LogP contribution in [-0.4, -0.2) is 37.0 Å². The van der Waals surface area contributed by atoms with Crippen LogP contribution in [0.15, 0.2) is 48.5 Å². The number of carbonyl (C=O) groups excluding carboxylic acids is 3. The maximum Gasteiger partial charge on any atom is 0.255 e. The minimum absolute atomic E-state index is 0.0184. The van der Waals surface area contributed by atoms with Crippen LogP contribution < -0.4 is 16.0 Å². The van der Waals surface area contributed by atoms with Gasteiger partial charge >= 0.3 is 0 Å². The van der Waals surface area contributed by atoms with Gasteiger partial charge in [0.15, 0.2) is 0 Å². The third kappa shape index (κ3) is 6.17. The molecular formula is C25H31N3O4. The SMILES string of the molecule is CCC(CC)C(=O)Nc1ccc(C(=O)Nc2ccccc2C(=O)NCC2CCCO2)cc1. The van der Waals surface area contributed by atoms with Crippen molar-refractivity contribution in [2.24, 2.45) is 5.92 Å². The highest BCUT2D eigenvalue weighted by Gasteiger charge is 2.19. The maximum atomic E-state index is 12.7. The first kappa shape index (κ1) is 23.5. The van der Waals surface area contributed by atoms with Crippen molar-refractivity contribution in [2.45, 2.75) is 45.6 Å². The lowest BCUT2D eigenvalue weighted by molar-refractivity contribution is -0.120. The third-order valence-electron chi connectivity index (χ3n) is 5.71. The molecule has 1 aliphatic heterocycles. The minimum Gasteiger partial charge on any atom is -0.376 e. The molecule has 7 nitrogen and oxygen atoms in total. The zero-order valence-corrected chi connectivity index (χ0v) is 18.6. The molecule has 1 aliphatic rings. The van der Waals surface area contributed by atoms with Gasteiger partial charge in [0.05, 0.1) is 17.4 Å². The molecule has 0 aliphatic carbocycles. The summed E-state index contributed by atoms with van der Waals surface area (Å²) in [6.07, 6.45) is 3.55. The predicted molar refractivity (Wildman–Crippen MR) is 125 cm³/mol. The second-order valence-corrected chi connectivity index (χ2v) is 7.92. The Kier molecular flexibility index (Phi) is 8.39. The average molecular weight is 438 g/mol. The average Bonchev–Trinajstić information content (AvgIpc) is 3.33. The summed E-state index contributed by atoms with van der Waals surface area (Å²) in [6.45, 7) is 5.16. The molecule has 1 saturated heterocycles. The van der Waals surface area contributed by atoms with Gasteiger partial charge < -0.3 is 20.7 Å². The first-order chi connectivity index (χ1) is 15.5. The Morgan fingerprint density at radius 1 is 0.969 bits per heavy atom. The molecule has 1 atom stereocenters. The van der Waals surface area contributed by atoms with Crippen molar-refractivity contribution < 1.29 is 19.1 Å². The first-order valence-electron chi connectivity index (χ1n) is 11.2. The normalized spacial score (nSPS) is 15.4. The van der Waals surface area contributed by atoms with Crippen molar-refractivity contribution in [1.82, 2.24) is 5.32 Å². The Labute approximate surface area is 188 Å². The van der Waals surface area contributed by atoms with Crippen LogP contribution in [0.2, 0.25) is 0 Å². The van der Waals surface area contributed by atoms with Gasteiger partial charge in [-0.15, -0.1) is 0 Å². The van der Waals surface area contributed by atoms with Crippen LogP contribution in [0.5, 0.6) is 0 Å². The summed E-state index contributed by atoms with van der Waals surface area (Å²) in [5.41, 5.74) is 1.91. The van der Waals surface area contributed by atoms with E-state index in [1.165, 1.54) is 0 Å². The lowest BCUT2D eigenvalue weighted by atomic mass is 10.0. The van der Waals surface area contributed by atoms with Gasteiger partial charge in [-0.2, -0.15) is 0 Å². The van der Waals surface area contributed by atoms with E-state index in [0.29, 0.717) is 29.0 Å². The van der Waals surface area contributed by atoms with E-state index in [2.05, 4.69) is 16.0 Å². The predicted octanol–water partition coefficient (Wildman–Crippen LogP) is 4.22. The van der Waals surface area contributed by atoms with Gasteiger partial charge in [-0.25, -0.2) is 0 Å². The van der Waals surface area contributed by atoms with E-state index < -0.39 is 0 Å². The summed E-state index contributed by atoms with van der Waals surface area (Å²) < 4.78 is 5.54. The smallest absolute Gasteiger partial charge is 0.255 e. The molecule has 1 fully saturated rings. The molecule has 0 radical (unpaired) electrons. The lowest BCUT2D eigenvalue weighted by Gasteiger charge is -2.14. The van der Waals surface area contributed by atoms with Crippen LogP contribution in [0, 0.1) is 5.92 Å². The highest BCUT2D eigenvalue weighted by molar-refractivity contribution is 6.09. The topological polar surface area (TPSA) is 96.5 Å². The fourth-order valence-electron chi connectivity index (χ4n) is 3.70. The van der Waals surface area contributed by atoms with Gasteiger partial charge in [0.1, 0.15) is 0 Å². The Bertz CT molecular complexity index is 932. The second-order valence-electron chi connectivity index (χ2n) is 7.92. The summed E-state index contributed by atoms with van der Waals surface area (Å²) in [6, 6.07) is 13.6. The molecule has 32 heavy (non-hydrogen) atoms. The second kappa shape index (κ2) is 11.4. The van der Waals surface area contributed by atoms with Crippen molar-refractivity contribution in [3.63, 3.8) is 0 Å². The van der Waals surface area contributed by atoms with Crippen LogP contribution in [0.1, 0.15) is 60.2 Å². The molecule has 0 aromatic heterocycles. The zero-order chi connectivity index (χ0) is 22.9. The lowest BCUT2D eigenvalue weighted by Crippen LogP contribution is -2.32. The molecule has 7 heteroatoms. The quantitative estimate of drug-likeness (QED) is 0.547. The molecule has 170 valence electrons. The summed E-state index contributed by atoms with van der Waals surface area (Å²) >= 11 is 0. The Balaban J connectivity index is 1.62. The minimum atomic E-state index is -0.331. The van der Waals surface area contributed by atoms with Gasteiger partial charge in [0.25, 0.3) is 11.8 Å². The van der Waals surface area contributed by atoms with Gasteiger partial charge in [-0.3, -0.25) is 14.4 Å². The maximum absolute atomic E-state index is 12.7. The van der Waals surface area contributed by atoms with E-state index in [9.17, 15) is 14.4 Å². The van der Waals surface area contributed by atoms with Crippen molar-refractivity contribution >= 4 is 29.1 Å². The monoisotopic (exact) mass is 437 g/mol. The number of hydrogen-bond donors (Lipinski definition) is 3. The highest BCUT2D eigenvalue weighted by atomic mass is 16.5. The number of para-hydroxylation sites is 1. The van der Waals surface area contributed by atoms with Gasteiger partial charge in [-0.05, 0) is 62.1 Å². The Morgan fingerprint density at radius 3 is 2.34 bits per heavy atom. The molecule has 1 unspecified atom stereocenters. The molecule has 3 rings (SSSR count). The molecule has 2 aromatic rings. The number of nitrogens with one attached hydrogen (secondary N) is 3. The Hall–Kier alpha value is -3.19. The summed E-state index contributed by atoms with van der Waals surface area (Å²) in [5.74, 6) is -0.630. The molecule has 2 aromatic carbocycles. The summed E-state index contributed by atoms with van der Waals surface area (Å²) in [7, 11) is 0. The van der Waals surface area contributed by atoms with Crippen molar-refractivity contribution in [2.75, 3.05) is 23.8 Å². The number of hydrogen-bond acceptors (Lipinski definition) is 4. The first-order valence-corrected chi connectivity index (χ1v) is 11.2. The highest BCUT2D eigenvalue weighted by Crippen LogP contribution is 2.19. The largest absolute Gasteiger partial charge is 0.376 e. The summed E-state index contributed by atoms with van der Waals surface area (Å²) in [5, 5.41) is 8.58. The van der Waals surface area contributed by atoms with Crippen molar-refractivity contribution in [3.05, 3.63) is 59.7 Å². The van der Waals surface area contributed by atoms with Crippen LogP contribution in [0.25, 0.3) is 0 Å². The number of amides is 3. The third-order valence-corrected chi connectivity index (χ3v) is 5.71. The van der Waals surface area contributed by atoms with E-state index in [0.717, 1.165) is 32.3 Å². The molecule has 1 heterocycles. The van der Waals surface area contributed by atoms with Gasteiger partial charge in [0.2, 0.25) is 5.91 Å². The molecule has 3 amide bonds. The van der Waals surface area contributed by atoms with Crippen LogP contribution >= 0.6 is 0 Å². The number of ether oxygens (including phenoxy) is 1. The fourth-order valence-corrected chi connectivity index (χ4v) is 3.70. The van der Waals surface area contributed by atoms with Crippen molar-refractivity contribution in [1.29, 1.82) is 0 Å². The Morgan fingerprint density at radius 2 is 1.69 bits per heavy atom. The zero-order valence-electron chi connectivity index (χ0n) is 18.6. The summed E-state index contributed by atoms with van der Waals surface area (Å²) in [4.78, 5) is 37.6. The van der Waals surface area contributed by atoms with E-state index in [4.69, 9.17) is 4.74 Å². The van der Waals surface area contributed by atoms with E-state index in [1.54, 1.807) is 48.5 Å². The number of rotatable bonds is 9. The van der Waals surface area contributed by atoms with Gasteiger partial charge in [0, 0.05) is 30.3 Å². The van der Waals surface area contributed by atoms with E-state index in [1.807, 2.05) is 13.8 Å². The van der Waals surface area contributed by atoms with E-state index in [-0.39, 0.29) is 29.7 Å². The van der Waals surface area contributed by atoms with E-state index >= 15 is 0 Å². The van der Waals surface area contributed by atoms with Crippen molar-refractivity contribution in [3.8, 4) is 0 Å². The number of benzene rings is 2. The standard InChI is InChI=1S/C25H31N3O4/c1-3-17(4-2)23(29)27-19-13-11-18(12-14-19)24(30)28-22-10-6-5-9-21(22)25(31)26-16-20-8-7-15-32-20/h5-6,9-14,17,20H,3-4,7-8,15-16H2,1-2H3,(H,26,31)(H,27,29)(H,28,30). The molecule has 3 N–H and O–H groups in total. The molecule has 0 spiro atoms. The fraction of sp³-hybridized carbons (Fsp3) is 0.400. The van der Waals surface area contributed by atoms with Crippen LogP contribution in [-0.2, 0) is 9.53 Å².